The van der Waals surface area contributed by atoms with Crippen molar-refractivity contribution in [3.8, 4) is 0 Å². The largest absolute Gasteiger partial charge is 0.469 e. The highest BCUT2D eigenvalue weighted by atomic mass is 32.2. The molecule has 128 valence electrons. The number of aryl methyl sites for hydroxylation is 1. The number of amides is 2. The second-order valence-corrected chi connectivity index (χ2v) is 7.70. The van der Waals surface area contributed by atoms with Gasteiger partial charge >= 0.3 is 0 Å². The lowest BCUT2D eigenvalue weighted by molar-refractivity contribution is -0.121. The van der Waals surface area contributed by atoms with E-state index in [9.17, 15) is 9.59 Å². The predicted octanol–water partition coefficient (Wildman–Crippen LogP) is 2.85. The summed E-state index contributed by atoms with van der Waals surface area (Å²) < 4.78 is 5.12. The Kier molecular flexibility index (Phi) is 5.57. The summed E-state index contributed by atoms with van der Waals surface area (Å²) in [5.41, 5.74) is 1.15. The third-order valence-corrected chi connectivity index (χ3v) is 5.66. The Labute approximate surface area is 148 Å². The van der Waals surface area contributed by atoms with Crippen molar-refractivity contribution in [2.75, 3.05) is 16.8 Å². The Hall–Kier alpha value is -1.80. The second-order valence-electron chi connectivity index (χ2n) is 5.62. The summed E-state index contributed by atoms with van der Waals surface area (Å²) in [5, 5.41) is 8.08. The normalized spacial score (nSPS) is 15.2. The highest BCUT2D eigenvalue weighted by Crippen LogP contribution is 2.19. The maximum atomic E-state index is 12.1. The molecule has 0 spiro atoms. The molecule has 1 aliphatic rings. The van der Waals surface area contributed by atoms with E-state index in [1.807, 2.05) is 11.8 Å². The van der Waals surface area contributed by atoms with Gasteiger partial charge < -0.3 is 9.73 Å². The Balaban J connectivity index is 1.52. The van der Waals surface area contributed by atoms with Crippen LogP contribution in [0, 0.1) is 6.92 Å². The number of rotatable bonds is 5. The van der Waals surface area contributed by atoms with E-state index in [1.165, 1.54) is 17.6 Å². The fraction of sp³-hybridized carbons (Fsp3) is 0.438. The minimum Gasteiger partial charge on any atom is -0.469 e. The summed E-state index contributed by atoms with van der Waals surface area (Å²) in [6.45, 7) is 1.73. The van der Waals surface area contributed by atoms with Crippen molar-refractivity contribution in [2.24, 2.45) is 0 Å². The molecule has 8 heteroatoms. The van der Waals surface area contributed by atoms with Crippen LogP contribution in [-0.4, -0.2) is 34.3 Å². The molecule has 0 unspecified atom stereocenters. The zero-order chi connectivity index (χ0) is 16.9. The highest BCUT2D eigenvalue weighted by Gasteiger charge is 2.18. The molecule has 0 atom stereocenters. The van der Waals surface area contributed by atoms with E-state index in [-0.39, 0.29) is 24.3 Å². The van der Waals surface area contributed by atoms with Gasteiger partial charge in [-0.3, -0.25) is 14.9 Å². The van der Waals surface area contributed by atoms with Gasteiger partial charge in [0.1, 0.15) is 5.76 Å². The number of hydrogen-bond acceptors (Lipinski definition) is 6. The minimum absolute atomic E-state index is 0.0132. The van der Waals surface area contributed by atoms with Crippen molar-refractivity contribution in [2.45, 2.75) is 32.2 Å². The quantitative estimate of drug-likeness (QED) is 0.851. The highest BCUT2D eigenvalue weighted by molar-refractivity contribution is 7.99. The van der Waals surface area contributed by atoms with Crippen LogP contribution in [0.15, 0.2) is 22.1 Å². The maximum Gasteiger partial charge on any atom is 0.260 e. The number of nitrogens with one attached hydrogen (secondary N) is 2. The van der Waals surface area contributed by atoms with E-state index < -0.39 is 0 Å². The number of aromatic nitrogens is 1. The van der Waals surface area contributed by atoms with Crippen molar-refractivity contribution < 1.29 is 14.0 Å². The molecular weight excluding hydrogens is 346 g/mol. The number of furan rings is 1. The number of carbonyl (C=O) groups excluding carboxylic acids is 2. The third-order valence-electron chi connectivity index (χ3n) is 3.80. The molecule has 1 fully saturated rings. The molecule has 0 aliphatic carbocycles. The smallest absolute Gasteiger partial charge is 0.260 e. The summed E-state index contributed by atoms with van der Waals surface area (Å²) in [6.07, 6.45) is 3.77. The fourth-order valence-electron chi connectivity index (χ4n) is 2.52. The number of nitrogens with zero attached hydrogens (tertiary/aromatic N) is 1. The van der Waals surface area contributed by atoms with E-state index in [4.69, 9.17) is 4.42 Å². The first-order chi connectivity index (χ1) is 11.6. The first kappa shape index (κ1) is 17.0. The van der Waals surface area contributed by atoms with Gasteiger partial charge in [-0.05, 0) is 37.3 Å². The van der Waals surface area contributed by atoms with Gasteiger partial charge in [0.2, 0.25) is 5.91 Å². The average molecular weight is 365 g/mol. The Morgan fingerprint density at radius 3 is 2.88 bits per heavy atom. The van der Waals surface area contributed by atoms with Crippen LogP contribution in [0.3, 0.4) is 0 Å². The molecule has 2 amide bonds. The van der Waals surface area contributed by atoms with Crippen molar-refractivity contribution in [3.63, 3.8) is 0 Å². The van der Waals surface area contributed by atoms with E-state index in [2.05, 4.69) is 15.6 Å². The summed E-state index contributed by atoms with van der Waals surface area (Å²) in [6, 6.07) is 1.90. The van der Waals surface area contributed by atoms with Gasteiger partial charge in [-0.2, -0.15) is 11.8 Å². The van der Waals surface area contributed by atoms with Crippen molar-refractivity contribution in [3.05, 3.63) is 34.7 Å². The molecule has 0 bridgehead atoms. The lowest BCUT2D eigenvalue weighted by Gasteiger charge is -2.22. The van der Waals surface area contributed by atoms with Gasteiger partial charge in [0.15, 0.2) is 5.13 Å². The van der Waals surface area contributed by atoms with Crippen molar-refractivity contribution in [1.82, 2.24) is 10.3 Å². The van der Waals surface area contributed by atoms with Crippen LogP contribution in [-0.2, 0) is 11.2 Å². The minimum atomic E-state index is -0.258. The Morgan fingerprint density at radius 1 is 1.38 bits per heavy atom. The van der Waals surface area contributed by atoms with Gasteiger partial charge in [0.25, 0.3) is 5.91 Å². The molecular formula is C16H19N3O3S2. The van der Waals surface area contributed by atoms with E-state index >= 15 is 0 Å². The Morgan fingerprint density at radius 2 is 2.17 bits per heavy atom. The third kappa shape index (κ3) is 4.39. The Bertz CT molecular complexity index is 720. The maximum absolute atomic E-state index is 12.1. The van der Waals surface area contributed by atoms with Crippen LogP contribution >= 0.6 is 23.1 Å². The number of thiazole rings is 1. The predicted molar refractivity (Wildman–Crippen MR) is 95.7 cm³/mol. The molecule has 2 N–H and O–H groups in total. The molecule has 0 radical (unpaired) electrons. The van der Waals surface area contributed by atoms with Crippen molar-refractivity contribution >= 4 is 40.0 Å². The number of hydrogen-bond donors (Lipinski definition) is 2. The van der Waals surface area contributed by atoms with Crippen LogP contribution in [0.25, 0.3) is 0 Å². The van der Waals surface area contributed by atoms with Gasteiger partial charge in [-0.25, -0.2) is 4.98 Å². The van der Waals surface area contributed by atoms with Crippen LogP contribution in [0.5, 0.6) is 0 Å². The average Bonchev–Trinajstić information content (AvgIpc) is 3.17. The zero-order valence-electron chi connectivity index (χ0n) is 13.3. The van der Waals surface area contributed by atoms with Gasteiger partial charge in [0.05, 0.1) is 23.9 Å². The molecule has 1 aliphatic heterocycles. The molecule has 6 nitrogen and oxygen atoms in total. The van der Waals surface area contributed by atoms with Crippen LogP contribution in [0.4, 0.5) is 5.13 Å². The van der Waals surface area contributed by atoms with Crippen LogP contribution < -0.4 is 10.6 Å². The summed E-state index contributed by atoms with van der Waals surface area (Å²) in [4.78, 5) is 28.5. The molecule has 1 saturated heterocycles. The molecule has 2 aromatic heterocycles. The lowest BCUT2D eigenvalue weighted by atomic mass is 10.1. The molecule has 2 aromatic rings. The summed E-state index contributed by atoms with van der Waals surface area (Å²) >= 11 is 3.24. The topological polar surface area (TPSA) is 84.2 Å². The summed E-state index contributed by atoms with van der Waals surface area (Å²) in [7, 11) is 0. The number of anilines is 1. The summed E-state index contributed by atoms with van der Waals surface area (Å²) in [5.74, 6) is 2.50. The first-order valence-electron chi connectivity index (χ1n) is 7.79. The zero-order valence-corrected chi connectivity index (χ0v) is 15.0. The molecule has 0 aromatic carbocycles. The SMILES string of the molecule is Cc1occc1C(=O)Nc1nc(CC(=O)NC2CCSCC2)cs1. The standard InChI is InChI=1S/C16H19N3O3S2/c1-10-13(2-5-22-10)15(21)19-16-18-12(9-24-16)8-14(20)17-11-3-6-23-7-4-11/h2,5,9,11H,3-4,6-8H2,1H3,(H,17,20)(H,18,19,21). The number of thioether (sulfide) groups is 1. The lowest BCUT2D eigenvalue weighted by Crippen LogP contribution is -2.38. The van der Waals surface area contributed by atoms with E-state index in [0.29, 0.717) is 22.1 Å². The van der Waals surface area contributed by atoms with Gasteiger partial charge in [0, 0.05) is 11.4 Å². The van der Waals surface area contributed by atoms with E-state index in [1.54, 1.807) is 18.4 Å². The molecule has 24 heavy (non-hydrogen) atoms. The van der Waals surface area contributed by atoms with E-state index in [0.717, 1.165) is 24.3 Å². The second kappa shape index (κ2) is 7.85. The first-order valence-corrected chi connectivity index (χ1v) is 9.82. The number of carbonyl (C=O) groups is 2. The van der Waals surface area contributed by atoms with Gasteiger partial charge in [-0.1, -0.05) is 0 Å². The molecule has 0 saturated carbocycles. The van der Waals surface area contributed by atoms with Gasteiger partial charge in [-0.15, -0.1) is 11.3 Å². The van der Waals surface area contributed by atoms with Crippen LogP contribution in [0.2, 0.25) is 0 Å². The van der Waals surface area contributed by atoms with Crippen molar-refractivity contribution in [1.29, 1.82) is 0 Å². The van der Waals surface area contributed by atoms with Crippen LogP contribution in [0.1, 0.15) is 34.7 Å². The monoisotopic (exact) mass is 365 g/mol. The molecule has 3 rings (SSSR count). The molecule has 3 heterocycles. The fourth-order valence-corrected chi connectivity index (χ4v) is 4.33.